The third-order valence-corrected chi connectivity index (χ3v) is 3.73. The summed E-state index contributed by atoms with van der Waals surface area (Å²) in [7, 11) is 0. The number of hydrogen-bond donors (Lipinski definition) is 1. The maximum Gasteiger partial charge on any atom is 0.0198 e. The Balaban J connectivity index is 1.68. The Labute approximate surface area is 101 Å². The van der Waals surface area contributed by atoms with E-state index in [0.717, 1.165) is 12.1 Å². The highest BCUT2D eigenvalue weighted by Crippen LogP contribution is 2.23. The summed E-state index contributed by atoms with van der Waals surface area (Å²) in [6.07, 6.45) is 6.93. The van der Waals surface area contributed by atoms with Gasteiger partial charge in [0.1, 0.15) is 0 Å². The van der Waals surface area contributed by atoms with Crippen LogP contribution in [0.25, 0.3) is 0 Å². The minimum atomic E-state index is 0.483. The molecule has 1 saturated heterocycles. The smallest absolute Gasteiger partial charge is 0.0198 e. The zero-order valence-electron chi connectivity index (χ0n) is 11.3. The Morgan fingerprint density at radius 3 is 2.50 bits per heavy atom. The SMILES string of the molecule is CC(C)(C)CCN1CCCC(NC2CC2)C1. The molecule has 1 aliphatic heterocycles. The number of nitrogens with one attached hydrogen (secondary N) is 1. The number of rotatable bonds is 4. The Kier molecular flexibility index (Phi) is 3.91. The van der Waals surface area contributed by atoms with E-state index in [0.29, 0.717) is 5.41 Å². The van der Waals surface area contributed by atoms with E-state index < -0.39 is 0 Å². The fourth-order valence-electron chi connectivity index (χ4n) is 2.47. The molecule has 0 amide bonds. The monoisotopic (exact) mass is 224 g/mol. The van der Waals surface area contributed by atoms with E-state index in [1.807, 2.05) is 0 Å². The van der Waals surface area contributed by atoms with Gasteiger partial charge in [0.15, 0.2) is 0 Å². The van der Waals surface area contributed by atoms with Crippen molar-refractivity contribution in [1.29, 1.82) is 0 Å². The van der Waals surface area contributed by atoms with Gasteiger partial charge in [0.2, 0.25) is 0 Å². The first-order valence-electron chi connectivity index (χ1n) is 7.01. The summed E-state index contributed by atoms with van der Waals surface area (Å²) < 4.78 is 0. The van der Waals surface area contributed by atoms with Crippen LogP contribution in [0, 0.1) is 5.41 Å². The van der Waals surface area contributed by atoms with Crippen LogP contribution in [-0.2, 0) is 0 Å². The second-order valence-electron chi connectivity index (χ2n) is 6.89. The summed E-state index contributed by atoms with van der Waals surface area (Å²) in [4.78, 5) is 2.66. The first-order chi connectivity index (χ1) is 7.53. The van der Waals surface area contributed by atoms with Crippen molar-refractivity contribution in [3.05, 3.63) is 0 Å². The first-order valence-corrected chi connectivity index (χ1v) is 7.01. The summed E-state index contributed by atoms with van der Waals surface area (Å²) in [5.74, 6) is 0. The van der Waals surface area contributed by atoms with Gasteiger partial charge in [-0.05, 0) is 50.6 Å². The normalized spacial score (nSPS) is 28.3. The van der Waals surface area contributed by atoms with E-state index in [2.05, 4.69) is 31.0 Å². The zero-order chi connectivity index (χ0) is 11.6. The van der Waals surface area contributed by atoms with E-state index in [4.69, 9.17) is 0 Å². The molecule has 1 aliphatic carbocycles. The predicted molar refractivity (Wildman–Crippen MR) is 69.7 cm³/mol. The summed E-state index contributed by atoms with van der Waals surface area (Å²) in [5, 5.41) is 3.78. The van der Waals surface area contributed by atoms with Crippen LogP contribution in [0.5, 0.6) is 0 Å². The van der Waals surface area contributed by atoms with E-state index in [-0.39, 0.29) is 0 Å². The molecular weight excluding hydrogens is 196 g/mol. The lowest BCUT2D eigenvalue weighted by Gasteiger charge is -2.34. The molecule has 94 valence electrons. The minimum absolute atomic E-state index is 0.483. The molecule has 2 rings (SSSR count). The Bertz CT molecular complexity index is 215. The second kappa shape index (κ2) is 5.05. The molecule has 16 heavy (non-hydrogen) atoms. The number of likely N-dealkylation sites (tertiary alicyclic amines) is 1. The molecule has 1 atom stereocenters. The van der Waals surface area contributed by atoms with Crippen LogP contribution in [0.4, 0.5) is 0 Å². The van der Waals surface area contributed by atoms with Gasteiger partial charge >= 0.3 is 0 Å². The Morgan fingerprint density at radius 1 is 1.12 bits per heavy atom. The topological polar surface area (TPSA) is 15.3 Å². The molecule has 1 heterocycles. The van der Waals surface area contributed by atoms with Gasteiger partial charge in [0.05, 0.1) is 0 Å². The fourth-order valence-corrected chi connectivity index (χ4v) is 2.47. The largest absolute Gasteiger partial charge is 0.310 e. The van der Waals surface area contributed by atoms with Crippen molar-refractivity contribution >= 4 is 0 Å². The van der Waals surface area contributed by atoms with Gasteiger partial charge in [0, 0.05) is 18.6 Å². The molecule has 1 unspecified atom stereocenters. The zero-order valence-corrected chi connectivity index (χ0v) is 11.3. The van der Waals surface area contributed by atoms with Crippen molar-refractivity contribution in [2.24, 2.45) is 5.41 Å². The lowest BCUT2D eigenvalue weighted by Crippen LogP contribution is -2.47. The van der Waals surface area contributed by atoms with E-state index in [9.17, 15) is 0 Å². The summed E-state index contributed by atoms with van der Waals surface area (Å²) in [5.41, 5.74) is 0.483. The van der Waals surface area contributed by atoms with Gasteiger partial charge < -0.3 is 10.2 Å². The quantitative estimate of drug-likeness (QED) is 0.790. The van der Waals surface area contributed by atoms with Gasteiger partial charge in [-0.1, -0.05) is 20.8 Å². The van der Waals surface area contributed by atoms with Crippen LogP contribution in [0.3, 0.4) is 0 Å². The molecule has 1 N–H and O–H groups in total. The van der Waals surface area contributed by atoms with Crippen molar-refractivity contribution in [2.45, 2.75) is 65.0 Å². The molecule has 0 spiro atoms. The number of nitrogens with zero attached hydrogens (tertiary/aromatic N) is 1. The number of hydrogen-bond acceptors (Lipinski definition) is 2. The summed E-state index contributed by atoms with van der Waals surface area (Å²) in [6.45, 7) is 10.9. The molecule has 1 saturated carbocycles. The van der Waals surface area contributed by atoms with Crippen LogP contribution in [0.15, 0.2) is 0 Å². The molecule has 0 bridgehead atoms. The molecule has 0 aromatic carbocycles. The van der Waals surface area contributed by atoms with Gasteiger partial charge in [-0.2, -0.15) is 0 Å². The van der Waals surface area contributed by atoms with Gasteiger partial charge in [-0.3, -0.25) is 0 Å². The average molecular weight is 224 g/mol. The fraction of sp³-hybridized carbons (Fsp3) is 1.00. The van der Waals surface area contributed by atoms with Gasteiger partial charge in [-0.15, -0.1) is 0 Å². The molecule has 2 aliphatic rings. The molecule has 2 heteroatoms. The van der Waals surface area contributed by atoms with Crippen molar-refractivity contribution in [1.82, 2.24) is 10.2 Å². The summed E-state index contributed by atoms with van der Waals surface area (Å²) in [6, 6.07) is 1.65. The molecule has 2 nitrogen and oxygen atoms in total. The van der Waals surface area contributed by atoms with Crippen LogP contribution >= 0.6 is 0 Å². The highest BCUT2D eigenvalue weighted by Gasteiger charge is 2.27. The summed E-state index contributed by atoms with van der Waals surface area (Å²) >= 11 is 0. The number of piperidine rings is 1. The van der Waals surface area contributed by atoms with Crippen LogP contribution in [-0.4, -0.2) is 36.6 Å². The third-order valence-electron chi connectivity index (χ3n) is 3.73. The van der Waals surface area contributed by atoms with E-state index in [1.54, 1.807) is 0 Å². The third kappa shape index (κ3) is 4.42. The molecule has 0 radical (unpaired) electrons. The predicted octanol–water partition coefficient (Wildman–Crippen LogP) is 2.64. The highest BCUT2D eigenvalue weighted by atomic mass is 15.2. The molecule has 0 aromatic rings. The molecule has 0 aromatic heterocycles. The van der Waals surface area contributed by atoms with Crippen molar-refractivity contribution in [2.75, 3.05) is 19.6 Å². The van der Waals surface area contributed by atoms with Crippen LogP contribution < -0.4 is 5.32 Å². The van der Waals surface area contributed by atoms with Gasteiger partial charge in [0.25, 0.3) is 0 Å². The molecular formula is C14H28N2. The first kappa shape index (κ1) is 12.4. The molecule has 2 fully saturated rings. The minimum Gasteiger partial charge on any atom is -0.310 e. The van der Waals surface area contributed by atoms with Crippen molar-refractivity contribution < 1.29 is 0 Å². The van der Waals surface area contributed by atoms with Crippen molar-refractivity contribution in [3.63, 3.8) is 0 Å². The lowest BCUT2D eigenvalue weighted by molar-refractivity contribution is 0.167. The standard InChI is InChI=1S/C14H28N2/c1-14(2,3)8-10-16-9-4-5-13(11-16)15-12-6-7-12/h12-13,15H,4-11H2,1-3H3. The van der Waals surface area contributed by atoms with Crippen LogP contribution in [0.1, 0.15) is 52.9 Å². The lowest BCUT2D eigenvalue weighted by atomic mass is 9.91. The Hall–Kier alpha value is -0.0800. The average Bonchev–Trinajstić information content (AvgIpc) is 2.98. The Morgan fingerprint density at radius 2 is 1.88 bits per heavy atom. The maximum atomic E-state index is 3.78. The maximum absolute atomic E-state index is 3.78. The van der Waals surface area contributed by atoms with E-state index >= 15 is 0 Å². The second-order valence-corrected chi connectivity index (χ2v) is 6.89. The van der Waals surface area contributed by atoms with Gasteiger partial charge in [-0.25, -0.2) is 0 Å². The van der Waals surface area contributed by atoms with Crippen LogP contribution in [0.2, 0.25) is 0 Å². The van der Waals surface area contributed by atoms with Crippen molar-refractivity contribution in [3.8, 4) is 0 Å². The highest BCUT2D eigenvalue weighted by molar-refractivity contribution is 4.88. The van der Waals surface area contributed by atoms with E-state index in [1.165, 1.54) is 51.7 Å².